The molecule has 0 radical (unpaired) electrons. The van der Waals surface area contributed by atoms with Crippen LogP contribution in [0.4, 0.5) is 10.5 Å². The van der Waals surface area contributed by atoms with Crippen molar-refractivity contribution in [1.82, 2.24) is 5.43 Å². The molecule has 2 N–H and O–H groups in total. The van der Waals surface area contributed by atoms with Crippen molar-refractivity contribution in [2.75, 3.05) is 5.32 Å². The summed E-state index contributed by atoms with van der Waals surface area (Å²) in [6.45, 7) is 2.14. The molecule has 4 aromatic rings. The zero-order valence-corrected chi connectivity index (χ0v) is 14.9. The second-order valence-electron chi connectivity index (χ2n) is 6.32. The van der Waals surface area contributed by atoms with Crippen LogP contribution in [-0.4, -0.2) is 12.2 Å². The van der Waals surface area contributed by atoms with Crippen LogP contribution in [-0.2, 0) is 0 Å². The number of carbonyl (C=O) groups excluding carboxylic acids is 1. The lowest BCUT2D eigenvalue weighted by atomic mass is 9.93. The first-order chi connectivity index (χ1) is 13.2. The molecule has 132 valence electrons. The fourth-order valence-corrected chi connectivity index (χ4v) is 3.36. The minimum atomic E-state index is -0.377. The first-order valence-electron chi connectivity index (χ1n) is 8.79. The summed E-state index contributed by atoms with van der Waals surface area (Å²) in [5, 5.41) is 11.5. The third-order valence-electron chi connectivity index (χ3n) is 4.63. The molecule has 4 heteroatoms. The number of fused-ring (bicyclic) bond motifs is 2. The Morgan fingerprint density at radius 3 is 1.89 bits per heavy atom. The SMILES string of the molecule is Cc1c2ccccc2c(/C=N/NC(=O)Nc2ccccc2)c2ccccc12. The van der Waals surface area contributed by atoms with Crippen LogP contribution in [0.2, 0.25) is 0 Å². The van der Waals surface area contributed by atoms with Crippen LogP contribution in [0.1, 0.15) is 11.1 Å². The van der Waals surface area contributed by atoms with Gasteiger partial charge >= 0.3 is 6.03 Å². The number of para-hydroxylation sites is 1. The number of nitrogens with one attached hydrogen (secondary N) is 2. The Bertz CT molecular complexity index is 1090. The summed E-state index contributed by atoms with van der Waals surface area (Å²) in [5.74, 6) is 0. The third kappa shape index (κ3) is 3.37. The van der Waals surface area contributed by atoms with E-state index in [2.05, 4.69) is 47.0 Å². The second-order valence-corrected chi connectivity index (χ2v) is 6.32. The van der Waals surface area contributed by atoms with E-state index in [0.29, 0.717) is 0 Å². The highest BCUT2D eigenvalue weighted by Crippen LogP contribution is 2.31. The number of benzene rings is 4. The Kier molecular flexibility index (Phi) is 4.54. The van der Waals surface area contributed by atoms with Gasteiger partial charge in [0.15, 0.2) is 0 Å². The van der Waals surface area contributed by atoms with Crippen molar-refractivity contribution in [2.24, 2.45) is 5.10 Å². The highest BCUT2D eigenvalue weighted by atomic mass is 16.2. The Morgan fingerprint density at radius 2 is 1.30 bits per heavy atom. The Hall–Kier alpha value is -3.66. The first kappa shape index (κ1) is 16.8. The van der Waals surface area contributed by atoms with E-state index in [4.69, 9.17) is 0 Å². The molecule has 0 heterocycles. The number of amides is 2. The standard InChI is InChI=1S/C23H19N3O/c1-16-18-11-5-7-13-20(18)22(21-14-8-6-12-19(16)21)15-24-26-23(27)25-17-9-3-2-4-10-17/h2-15H,1H3,(H2,25,26,27)/b24-15+. The van der Waals surface area contributed by atoms with E-state index in [1.54, 1.807) is 6.21 Å². The molecule has 0 unspecified atom stereocenters. The molecular formula is C23H19N3O. The molecule has 2 amide bonds. The van der Waals surface area contributed by atoms with Gasteiger partial charge in [-0.25, -0.2) is 10.2 Å². The van der Waals surface area contributed by atoms with Gasteiger partial charge in [0.25, 0.3) is 0 Å². The van der Waals surface area contributed by atoms with Crippen LogP contribution in [0.25, 0.3) is 21.5 Å². The zero-order chi connectivity index (χ0) is 18.6. The lowest BCUT2D eigenvalue weighted by Gasteiger charge is -2.12. The zero-order valence-electron chi connectivity index (χ0n) is 14.9. The van der Waals surface area contributed by atoms with E-state index >= 15 is 0 Å². The van der Waals surface area contributed by atoms with Crippen LogP contribution < -0.4 is 10.7 Å². The van der Waals surface area contributed by atoms with Gasteiger partial charge in [0.1, 0.15) is 0 Å². The van der Waals surface area contributed by atoms with Crippen LogP contribution in [0.5, 0.6) is 0 Å². The third-order valence-corrected chi connectivity index (χ3v) is 4.63. The van der Waals surface area contributed by atoms with Crippen LogP contribution >= 0.6 is 0 Å². The summed E-state index contributed by atoms with van der Waals surface area (Å²) in [4.78, 5) is 12.0. The van der Waals surface area contributed by atoms with Gasteiger partial charge in [0.2, 0.25) is 0 Å². The van der Waals surface area contributed by atoms with Gasteiger partial charge in [-0.1, -0.05) is 66.7 Å². The monoisotopic (exact) mass is 353 g/mol. The van der Waals surface area contributed by atoms with Crippen molar-refractivity contribution >= 4 is 39.5 Å². The fourth-order valence-electron chi connectivity index (χ4n) is 3.36. The maximum Gasteiger partial charge on any atom is 0.339 e. The Labute approximate surface area is 157 Å². The quantitative estimate of drug-likeness (QED) is 0.287. The number of carbonyl (C=O) groups is 1. The van der Waals surface area contributed by atoms with E-state index < -0.39 is 0 Å². The number of hydrazone groups is 1. The summed E-state index contributed by atoms with van der Waals surface area (Å²) < 4.78 is 0. The number of aryl methyl sites for hydroxylation is 1. The summed E-state index contributed by atoms with van der Waals surface area (Å²) in [6.07, 6.45) is 1.72. The molecule has 0 fully saturated rings. The lowest BCUT2D eigenvalue weighted by Crippen LogP contribution is -2.24. The Morgan fingerprint density at radius 1 is 0.778 bits per heavy atom. The molecule has 0 saturated heterocycles. The molecule has 0 atom stereocenters. The average Bonchev–Trinajstić information content (AvgIpc) is 2.71. The van der Waals surface area contributed by atoms with E-state index in [0.717, 1.165) is 22.0 Å². The number of nitrogens with zero attached hydrogens (tertiary/aromatic N) is 1. The maximum absolute atomic E-state index is 12.0. The smallest absolute Gasteiger partial charge is 0.307 e. The average molecular weight is 353 g/mol. The van der Waals surface area contributed by atoms with Crippen LogP contribution in [0.15, 0.2) is 84.0 Å². The van der Waals surface area contributed by atoms with Crippen molar-refractivity contribution in [2.45, 2.75) is 6.92 Å². The number of hydrogen-bond donors (Lipinski definition) is 2. The predicted octanol–water partition coefficient (Wildman–Crippen LogP) is 5.46. The highest BCUT2D eigenvalue weighted by Gasteiger charge is 2.09. The fraction of sp³-hybridized carbons (Fsp3) is 0.0435. The van der Waals surface area contributed by atoms with Crippen molar-refractivity contribution in [3.63, 3.8) is 0 Å². The largest absolute Gasteiger partial charge is 0.339 e. The normalized spacial score (nSPS) is 11.1. The van der Waals surface area contributed by atoms with Crippen LogP contribution in [0, 0.1) is 6.92 Å². The van der Waals surface area contributed by atoms with Gasteiger partial charge in [-0.2, -0.15) is 5.10 Å². The highest BCUT2D eigenvalue weighted by molar-refractivity contribution is 6.15. The van der Waals surface area contributed by atoms with E-state index in [1.807, 2.05) is 54.6 Å². The van der Waals surface area contributed by atoms with Crippen molar-refractivity contribution in [1.29, 1.82) is 0 Å². The van der Waals surface area contributed by atoms with Gasteiger partial charge in [-0.3, -0.25) is 0 Å². The molecule has 4 nitrogen and oxygen atoms in total. The van der Waals surface area contributed by atoms with Crippen molar-refractivity contribution in [3.8, 4) is 0 Å². The molecule has 4 rings (SSSR count). The topological polar surface area (TPSA) is 53.5 Å². The lowest BCUT2D eigenvalue weighted by molar-refractivity contribution is 0.252. The molecule has 0 spiro atoms. The minimum absolute atomic E-state index is 0.377. The van der Waals surface area contributed by atoms with Gasteiger partial charge in [0, 0.05) is 11.3 Å². The molecule has 4 aromatic carbocycles. The Balaban J connectivity index is 1.67. The molecule has 0 saturated carbocycles. The summed E-state index contributed by atoms with van der Waals surface area (Å²) in [5.41, 5.74) is 5.50. The molecule has 0 aliphatic carbocycles. The molecule has 0 aromatic heterocycles. The van der Waals surface area contributed by atoms with Crippen molar-refractivity contribution < 1.29 is 4.79 Å². The minimum Gasteiger partial charge on any atom is -0.307 e. The molecule has 0 aliphatic rings. The van der Waals surface area contributed by atoms with E-state index in [-0.39, 0.29) is 6.03 Å². The number of rotatable bonds is 3. The van der Waals surface area contributed by atoms with Crippen LogP contribution in [0.3, 0.4) is 0 Å². The summed E-state index contributed by atoms with van der Waals surface area (Å²) in [7, 11) is 0. The van der Waals surface area contributed by atoms with Gasteiger partial charge in [0.05, 0.1) is 6.21 Å². The molecule has 27 heavy (non-hydrogen) atoms. The van der Waals surface area contributed by atoms with Gasteiger partial charge in [-0.05, 0) is 46.2 Å². The summed E-state index contributed by atoms with van der Waals surface area (Å²) >= 11 is 0. The van der Waals surface area contributed by atoms with E-state index in [1.165, 1.54) is 16.3 Å². The second kappa shape index (κ2) is 7.30. The van der Waals surface area contributed by atoms with Crippen molar-refractivity contribution in [3.05, 3.63) is 90.0 Å². The maximum atomic E-state index is 12.0. The number of hydrogen-bond acceptors (Lipinski definition) is 2. The number of urea groups is 1. The van der Waals surface area contributed by atoms with Gasteiger partial charge in [-0.15, -0.1) is 0 Å². The summed E-state index contributed by atoms with van der Waals surface area (Å²) in [6, 6.07) is 25.4. The van der Waals surface area contributed by atoms with Gasteiger partial charge < -0.3 is 5.32 Å². The predicted molar refractivity (Wildman–Crippen MR) is 112 cm³/mol. The molecule has 0 bridgehead atoms. The van der Waals surface area contributed by atoms with E-state index in [9.17, 15) is 4.79 Å². The number of anilines is 1. The molecule has 0 aliphatic heterocycles. The first-order valence-corrected chi connectivity index (χ1v) is 8.79. The molecular weight excluding hydrogens is 334 g/mol.